The summed E-state index contributed by atoms with van der Waals surface area (Å²) in [5.74, 6) is 0.650. The van der Waals surface area contributed by atoms with E-state index in [1.807, 2.05) is 11.7 Å². The lowest BCUT2D eigenvalue weighted by Gasteiger charge is -2.29. The van der Waals surface area contributed by atoms with Gasteiger partial charge in [0.1, 0.15) is 0 Å². The van der Waals surface area contributed by atoms with Crippen molar-refractivity contribution >= 4 is 0 Å². The zero-order chi connectivity index (χ0) is 14.1. The van der Waals surface area contributed by atoms with Crippen LogP contribution >= 0.6 is 0 Å². The highest BCUT2D eigenvalue weighted by atomic mass is 15.3. The molecule has 0 aliphatic carbocycles. The first kappa shape index (κ1) is 15.2. The van der Waals surface area contributed by atoms with E-state index in [9.17, 15) is 0 Å². The summed E-state index contributed by atoms with van der Waals surface area (Å²) in [5.41, 5.74) is 4.10. The van der Waals surface area contributed by atoms with Crippen molar-refractivity contribution in [2.75, 3.05) is 6.54 Å². The van der Waals surface area contributed by atoms with Gasteiger partial charge in [-0.2, -0.15) is 5.10 Å². The van der Waals surface area contributed by atoms with Gasteiger partial charge in [-0.15, -0.1) is 0 Å². The Labute approximate surface area is 112 Å². The highest BCUT2D eigenvalue weighted by molar-refractivity contribution is 5.27. The molecule has 3 heteroatoms. The fourth-order valence-corrected chi connectivity index (χ4v) is 2.18. The molecule has 2 atom stereocenters. The highest BCUT2D eigenvalue weighted by Crippen LogP contribution is 2.26. The van der Waals surface area contributed by atoms with Crippen LogP contribution in [0.15, 0.2) is 0 Å². The summed E-state index contributed by atoms with van der Waals surface area (Å²) >= 11 is 0. The molecule has 1 aromatic rings. The van der Waals surface area contributed by atoms with Gasteiger partial charge >= 0.3 is 0 Å². The van der Waals surface area contributed by atoms with Crippen molar-refractivity contribution in [1.29, 1.82) is 0 Å². The minimum absolute atomic E-state index is 0.353. The van der Waals surface area contributed by atoms with E-state index in [0.717, 1.165) is 12.2 Å². The fraction of sp³-hybridized carbons (Fsp3) is 0.800. The maximum absolute atomic E-state index is 4.48. The maximum Gasteiger partial charge on any atom is 0.0644 e. The molecule has 1 heterocycles. The molecular weight excluding hydrogens is 222 g/mol. The van der Waals surface area contributed by atoms with Gasteiger partial charge in [0.15, 0.2) is 0 Å². The molecule has 104 valence electrons. The van der Waals surface area contributed by atoms with Gasteiger partial charge in [0, 0.05) is 24.3 Å². The van der Waals surface area contributed by atoms with Crippen LogP contribution in [0.2, 0.25) is 0 Å². The molecule has 0 fully saturated rings. The van der Waals surface area contributed by atoms with E-state index < -0.39 is 0 Å². The molecule has 1 rings (SSSR count). The zero-order valence-electron chi connectivity index (χ0n) is 13.3. The predicted octanol–water partition coefficient (Wildman–Crippen LogP) is 3.37. The Morgan fingerprint density at radius 3 is 2.17 bits per heavy atom. The average Bonchev–Trinajstić information content (AvgIpc) is 2.48. The number of nitrogens with one attached hydrogen (secondary N) is 1. The predicted molar refractivity (Wildman–Crippen MR) is 77.7 cm³/mol. The van der Waals surface area contributed by atoms with Crippen molar-refractivity contribution in [3.63, 3.8) is 0 Å². The molecule has 0 aromatic carbocycles. The van der Waals surface area contributed by atoms with Gasteiger partial charge in [-0.25, -0.2) is 0 Å². The molecular formula is C15H29N3. The number of hydrogen-bond acceptors (Lipinski definition) is 2. The van der Waals surface area contributed by atoms with E-state index in [1.165, 1.54) is 11.3 Å². The molecule has 0 saturated heterocycles. The molecule has 0 aliphatic heterocycles. The molecule has 0 saturated carbocycles. The number of nitrogens with zero attached hydrogens (tertiary/aromatic N) is 2. The number of aromatic nitrogens is 2. The Hall–Kier alpha value is -0.830. The summed E-state index contributed by atoms with van der Waals surface area (Å²) in [6.07, 6.45) is 0. The molecule has 3 nitrogen and oxygen atoms in total. The average molecular weight is 251 g/mol. The SMILES string of the molecule is Cc1nn(C)c(C)c1C(C)NCC(C)C(C)(C)C. The Kier molecular flexibility index (Phi) is 4.60. The summed E-state index contributed by atoms with van der Waals surface area (Å²) in [7, 11) is 2.01. The van der Waals surface area contributed by atoms with Crippen LogP contribution < -0.4 is 5.32 Å². The van der Waals surface area contributed by atoms with Gasteiger partial charge in [0.2, 0.25) is 0 Å². The number of aryl methyl sites for hydroxylation is 2. The third kappa shape index (κ3) is 3.35. The second-order valence-electron chi connectivity index (χ2n) is 6.61. The first-order valence-electron chi connectivity index (χ1n) is 6.88. The van der Waals surface area contributed by atoms with Crippen molar-refractivity contribution in [1.82, 2.24) is 15.1 Å². The molecule has 2 unspecified atom stereocenters. The summed E-state index contributed by atoms with van der Waals surface area (Å²) in [4.78, 5) is 0. The van der Waals surface area contributed by atoms with E-state index >= 15 is 0 Å². The Balaban J connectivity index is 2.69. The lowest BCUT2D eigenvalue weighted by atomic mass is 9.82. The van der Waals surface area contributed by atoms with Gasteiger partial charge in [-0.3, -0.25) is 4.68 Å². The molecule has 0 radical (unpaired) electrons. The molecule has 0 amide bonds. The van der Waals surface area contributed by atoms with Crippen LogP contribution in [0.3, 0.4) is 0 Å². The summed E-state index contributed by atoms with van der Waals surface area (Å²) in [6, 6.07) is 0.364. The fourth-order valence-electron chi connectivity index (χ4n) is 2.18. The van der Waals surface area contributed by atoms with Crippen LogP contribution in [0, 0.1) is 25.2 Å². The quantitative estimate of drug-likeness (QED) is 0.889. The Bertz CT molecular complexity index is 399. The first-order chi connectivity index (χ1) is 8.14. The van der Waals surface area contributed by atoms with Gasteiger partial charge in [-0.05, 0) is 38.6 Å². The number of rotatable bonds is 4. The van der Waals surface area contributed by atoms with Crippen LogP contribution in [0.4, 0.5) is 0 Å². The smallest absolute Gasteiger partial charge is 0.0644 e. The molecule has 0 bridgehead atoms. The van der Waals surface area contributed by atoms with Crippen molar-refractivity contribution in [3.05, 3.63) is 17.0 Å². The maximum atomic E-state index is 4.48. The molecule has 1 aromatic heterocycles. The first-order valence-corrected chi connectivity index (χ1v) is 6.88. The lowest BCUT2D eigenvalue weighted by molar-refractivity contribution is 0.247. The van der Waals surface area contributed by atoms with Crippen LogP contribution in [0.25, 0.3) is 0 Å². The summed E-state index contributed by atoms with van der Waals surface area (Å²) in [6.45, 7) is 16.7. The van der Waals surface area contributed by atoms with E-state index in [-0.39, 0.29) is 0 Å². The standard InChI is InChI=1S/C15H29N3/c1-10(15(5,6)7)9-16-11(2)14-12(3)17-18(8)13(14)4/h10-11,16H,9H2,1-8H3. The lowest BCUT2D eigenvalue weighted by Crippen LogP contribution is -2.31. The van der Waals surface area contributed by atoms with Crippen LogP contribution in [0.1, 0.15) is 57.6 Å². The molecule has 1 N–H and O–H groups in total. The second-order valence-corrected chi connectivity index (χ2v) is 6.61. The highest BCUT2D eigenvalue weighted by Gasteiger charge is 2.22. The van der Waals surface area contributed by atoms with Crippen molar-refractivity contribution < 1.29 is 0 Å². The zero-order valence-corrected chi connectivity index (χ0v) is 13.3. The third-order valence-corrected chi connectivity index (χ3v) is 4.21. The van der Waals surface area contributed by atoms with Gasteiger partial charge in [0.05, 0.1) is 5.69 Å². The van der Waals surface area contributed by atoms with Crippen molar-refractivity contribution in [2.24, 2.45) is 18.4 Å². The van der Waals surface area contributed by atoms with Crippen LogP contribution in [-0.2, 0) is 7.05 Å². The second kappa shape index (κ2) is 5.43. The topological polar surface area (TPSA) is 29.9 Å². The van der Waals surface area contributed by atoms with Crippen molar-refractivity contribution in [2.45, 2.75) is 54.5 Å². The van der Waals surface area contributed by atoms with Crippen LogP contribution in [0.5, 0.6) is 0 Å². The Morgan fingerprint density at radius 2 is 1.78 bits per heavy atom. The monoisotopic (exact) mass is 251 g/mol. The Morgan fingerprint density at radius 1 is 1.22 bits per heavy atom. The third-order valence-electron chi connectivity index (χ3n) is 4.21. The molecule has 18 heavy (non-hydrogen) atoms. The minimum Gasteiger partial charge on any atom is -0.310 e. The molecule has 0 spiro atoms. The minimum atomic E-state index is 0.353. The van der Waals surface area contributed by atoms with Gasteiger partial charge in [0.25, 0.3) is 0 Å². The van der Waals surface area contributed by atoms with Gasteiger partial charge in [-0.1, -0.05) is 27.7 Å². The molecule has 0 aliphatic rings. The normalized spacial score (nSPS) is 15.8. The summed E-state index contributed by atoms with van der Waals surface area (Å²) < 4.78 is 1.97. The van der Waals surface area contributed by atoms with E-state index in [0.29, 0.717) is 17.4 Å². The van der Waals surface area contributed by atoms with Gasteiger partial charge < -0.3 is 5.32 Å². The van der Waals surface area contributed by atoms with E-state index in [2.05, 4.69) is 58.9 Å². The summed E-state index contributed by atoms with van der Waals surface area (Å²) in [5, 5.41) is 8.13. The van der Waals surface area contributed by atoms with Crippen LogP contribution in [-0.4, -0.2) is 16.3 Å². The van der Waals surface area contributed by atoms with E-state index in [4.69, 9.17) is 0 Å². The van der Waals surface area contributed by atoms with Crippen molar-refractivity contribution in [3.8, 4) is 0 Å². The van der Waals surface area contributed by atoms with E-state index in [1.54, 1.807) is 0 Å². The number of hydrogen-bond donors (Lipinski definition) is 1. The largest absolute Gasteiger partial charge is 0.310 e.